The monoisotopic (exact) mass is 497 g/mol. The first-order valence-electron chi connectivity index (χ1n) is 7.77. The van der Waals surface area contributed by atoms with Crippen molar-refractivity contribution in [2.45, 2.75) is 4.90 Å². The van der Waals surface area contributed by atoms with Crippen molar-refractivity contribution < 1.29 is 8.42 Å². The van der Waals surface area contributed by atoms with Gasteiger partial charge in [-0.2, -0.15) is 0 Å². The first kappa shape index (κ1) is 20.5. The van der Waals surface area contributed by atoms with Gasteiger partial charge < -0.3 is 10.6 Å². The van der Waals surface area contributed by atoms with E-state index in [-0.39, 0.29) is 15.9 Å². The Kier molecular flexibility index (Phi) is 6.45. The van der Waals surface area contributed by atoms with Gasteiger partial charge in [0, 0.05) is 15.8 Å². The molecule has 0 aliphatic heterocycles. The van der Waals surface area contributed by atoms with E-state index in [0.717, 1.165) is 10.2 Å². The highest BCUT2D eigenvalue weighted by Crippen LogP contribution is 2.18. The summed E-state index contributed by atoms with van der Waals surface area (Å²) in [4.78, 5) is 0.0709. The van der Waals surface area contributed by atoms with Crippen molar-refractivity contribution >= 4 is 72.1 Å². The zero-order valence-corrected chi connectivity index (χ0v) is 18.0. The number of benzene rings is 2. The molecule has 0 radical (unpaired) electrons. The number of halogens is 2. The van der Waals surface area contributed by atoms with Gasteiger partial charge in [-0.3, -0.25) is 4.72 Å². The van der Waals surface area contributed by atoms with Crippen LogP contribution in [0.15, 0.2) is 70.0 Å². The predicted octanol–water partition coefficient (Wildman–Crippen LogP) is 4.50. The number of thiocarbonyl (C=S) groups is 1. The molecule has 3 rings (SSSR count). The van der Waals surface area contributed by atoms with Crippen LogP contribution >= 0.6 is 39.7 Å². The van der Waals surface area contributed by atoms with Gasteiger partial charge in [0.15, 0.2) is 16.1 Å². The van der Waals surface area contributed by atoms with E-state index in [0.29, 0.717) is 10.8 Å². The van der Waals surface area contributed by atoms with Crippen LogP contribution in [0.4, 0.5) is 17.2 Å². The quantitative estimate of drug-likeness (QED) is 0.446. The number of rotatable bonds is 5. The Morgan fingerprint density at radius 1 is 0.893 bits per heavy atom. The van der Waals surface area contributed by atoms with Crippen molar-refractivity contribution in [2.24, 2.45) is 0 Å². The molecule has 144 valence electrons. The Bertz CT molecular complexity index is 1080. The molecule has 2 aromatic carbocycles. The van der Waals surface area contributed by atoms with E-state index >= 15 is 0 Å². The third-order valence-corrected chi connectivity index (χ3v) is 5.70. The maximum Gasteiger partial charge on any atom is 0.263 e. The Morgan fingerprint density at radius 2 is 1.46 bits per heavy atom. The minimum Gasteiger partial charge on any atom is -0.332 e. The van der Waals surface area contributed by atoms with Crippen LogP contribution < -0.4 is 15.4 Å². The van der Waals surface area contributed by atoms with Gasteiger partial charge in [0.25, 0.3) is 10.0 Å². The van der Waals surface area contributed by atoms with Crippen LogP contribution in [0.2, 0.25) is 5.15 Å². The van der Waals surface area contributed by atoms with Crippen LogP contribution in [0, 0.1) is 0 Å². The van der Waals surface area contributed by atoms with Gasteiger partial charge in [-0.25, -0.2) is 8.42 Å². The van der Waals surface area contributed by atoms with E-state index in [1.807, 2.05) is 24.3 Å². The van der Waals surface area contributed by atoms with Gasteiger partial charge in [-0.1, -0.05) is 27.5 Å². The Labute approximate surface area is 180 Å². The topological polar surface area (TPSA) is 96.0 Å². The van der Waals surface area contributed by atoms with E-state index in [4.69, 9.17) is 23.8 Å². The van der Waals surface area contributed by atoms with Gasteiger partial charge in [-0.15, -0.1) is 10.2 Å². The van der Waals surface area contributed by atoms with Crippen LogP contribution in [0.3, 0.4) is 0 Å². The highest BCUT2D eigenvalue weighted by molar-refractivity contribution is 9.10. The lowest BCUT2D eigenvalue weighted by Crippen LogP contribution is -2.19. The third-order valence-electron chi connectivity index (χ3n) is 3.40. The highest BCUT2D eigenvalue weighted by Gasteiger charge is 2.15. The largest absolute Gasteiger partial charge is 0.332 e. The smallest absolute Gasteiger partial charge is 0.263 e. The standard InChI is InChI=1S/C17H13BrClN5O2S2/c18-11-1-3-12(4-2-11)20-17(27)21-13-5-7-14(8-6-13)28(25,26)24-16-10-9-15(19)22-23-16/h1-10H,(H,23,24)(H2,20,21,27). The van der Waals surface area contributed by atoms with Crippen LogP contribution in [-0.2, 0) is 10.0 Å². The Hall–Kier alpha value is -2.27. The molecule has 0 fully saturated rings. The molecule has 0 aliphatic carbocycles. The fourth-order valence-corrected chi connectivity index (χ4v) is 3.71. The van der Waals surface area contributed by atoms with Crippen molar-refractivity contribution in [2.75, 3.05) is 15.4 Å². The normalized spacial score (nSPS) is 10.9. The number of nitrogens with zero attached hydrogens (tertiary/aromatic N) is 2. The predicted molar refractivity (Wildman–Crippen MR) is 118 cm³/mol. The third kappa shape index (κ3) is 5.61. The number of aromatic nitrogens is 2. The molecule has 0 atom stereocenters. The van der Waals surface area contributed by atoms with Gasteiger partial charge in [0.05, 0.1) is 4.90 Å². The molecule has 7 nitrogen and oxygen atoms in total. The van der Waals surface area contributed by atoms with Crippen LogP contribution in [-0.4, -0.2) is 23.7 Å². The molecule has 0 bridgehead atoms. The summed E-state index contributed by atoms with van der Waals surface area (Å²) in [5.74, 6) is 0.0754. The van der Waals surface area contributed by atoms with Crippen molar-refractivity contribution in [3.8, 4) is 0 Å². The maximum atomic E-state index is 12.4. The summed E-state index contributed by atoms with van der Waals surface area (Å²) in [6.45, 7) is 0. The number of hydrogen-bond acceptors (Lipinski definition) is 5. The van der Waals surface area contributed by atoms with E-state index in [1.54, 1.807) is 12.1 Å². The summed E-state index contributed by atoms with van der Waals surface area (Å²) in [5, 5.41) is 13.9. The molecule has 0 amide bonds. The number of anilines is 3. The summed E-state index contributed by atoms with van der Waals surface area (Å²) in [7, 11) is -3.80. The first-order chi connectivity index (χ1) is 13.3. The molecule has 0 unspecified atom stereocenters. The van der Waals surface area contributed by atoms with Gasteiger partial charge in [0.1, 0.15) is 0 Å². The van der Waals surface area contributed by atoms with Crippen LogP contribution in [0.25, 0.3) is 0 Å². The molecular formula is C17H13BrClN5O2S2. The lowest BCUT2D eigenvalue weighted by molar-refractivity contribution is 0.601. The first-order valence-corrected chi connectivity index (χ1v) is 10.8. The van der Waals surface area contributed by atoms with Crippen molar-refractivity contribution in [3.63, 3.8) is 0 Å². The Morgan fingerprint density at radius 3 is 2.00 bits per heavy atom. The average Bonchev–Trinajstić information content (AvgIpc) is 2.66. The second kappa shape index (κ2) is 8.82. The molecule has 3 N–H and O–H groups in total. The van der Waals surface area contributed by atoms with Crippen LogP contribution in [0.1, 0.15) is 0 Å². The number of hydrogen-bond donors (Lipinski definition) is 3. The molecule has 1 aromatic heterocycles. The lowest BCUT2D eigenvalue weighted by atomic mass is 10.3. The second-order valence-electron chi connectivity index (χ2n) is 5.46. The molecule has 3 aromatic rings. The molecule has 28 heavy (non-hydrogen) atoms. The van der Waals surface area contributed by atoms with Gasteiger partial charge >= 0.3 is 0 Å². The molecule has 0 spiro atoms. The van der Waals surface area contributed by atoms with E-state index in [9.17, 15) is 8.42 Å². The molecule has 0 saturated carbocycles. The molecule has 0 saturated heterocycles. The maximum absolute atomic E-state index is 12.4. The highest BCUT2D eigenvalue weighted by atomic mass is 79.9. The zero-order chi connectivity index (χ0) is 20.1. The zero-order valence-electron chi connectivity index (χ0n) is 14.1. The van der Waals surface area contributed by atoms with Crippen molar-refractivity contribution in [3.05, 3.63) is 70.3 Å². The summed E-state index contributed by atoms with van der Waals surface area (Å²) in [6.07, 6.45) is 0. The minimum absolute atomic E-state index is 0.0709. The molecule has 0 aliphatic rings. The SMILES string of the molecule is O=S(=O)(Nc1ccc(Cl)nn1)c1ccc(NC(=S)Nc2ccc(Br)cc2)cc1. The number of sulfonamides is 1. The van der Waals surface area contributed by atoms with E-state index < -0.39 is 10.0 Å². The van der Waals surface area contributed by atoms with Crippen molar-refractivity contribution in [1.29, 1.82) is 0 Å². The van der Waals surface area contributed by atoms with Gasteiger partial charge in [0.2, 0.25) is 0 Å². The minimum atomic E-state index is -3.80. The summed E-state index contributed by atoms with van der Waals surface area (Å²) >= 11 is 14.3. The molecular weight excluding hydrogens is 486 g/mol. The van der Waals surface area contributed by atoms with E-state index in [1.165, 1.54) is 24.3 Å². The number of nitrogens with one attached hydrogen (secondary N) is 3. The molecule has 11 heteroatoms. The fourth-order valence-electron chi connectivity index (χ4n) is 2.11. The summed E-state index contributed by atoms with van der Waals surface area (Å²) in [6, 6.07) is 16.5. The van der Waals surface area contributed by atoms with Crippen LogP contribution in [0.5, 0.6) is 0 Å². The fraction of sp³-hybridized carbons (Fsp3) is 0. The van der Waals surface area contributed by atoms with Crippen molar-refractivity contribution in [1.82, 2.24) is 10.2 Å². The van der Waals surface area contributed by atoms with E-state index in [2.05, 4.69) is 41.5 Å². The summed E-state index contributed by atoms with van der Waals surface area (Å²) in [5.41, 5.74) is 1.47. The average molecular weight is 499 g/mol. The summed E-state index contributed by atoms with van der Waals surface area (Å²) < 4.78 is 28.1. The molecule has 1 heterocycles. The second-order valence-corrected chi connectivity index (χ2v) is 8.85. The van der Waals surface area contributed by atoms with Gasteiger partial charge in [-0.05, 0) is 72.9 Å². The Balaban J connectivity index is 1.64. The lowest BCUT2D eigenvalue weighted by Gasteiger charge is -2.11.